The Hall–Kier alpha value is -3.37. The standard InChI is InChI=1S/C21H20N2O4S/c1-4-10-22-18(25)12-27-21(26)19-16(15-8-6-5-7-9-15)13-28-20(19)23-17(24)11-14(2)3/h1,5-9,11,13H,10,12H2,2-3H3,(H,22,25)(H,23,24). The van der Waals surface area contributed by atoms with Crippen LogP contribution >= 0.6 is 11.3 Å². The van der Waals surface area contributed by atoms with Crippen LogP contribution < -0.4 is 10.6 Å². The van der Waals surface area contributed by atoms with Gasteiger partial charge in [-0.1, -0.05) is 41.8 Å². The number of terminal acetylenes is 1. The molecular weight excluding hydrogens is 376 g/mol. The third kappa shape index (κ3) is 5.83. The summed E-state index contributed by atoms with van der Waals surface area (Å²) in [5.41, 5.74) is 2.44. The highest BCUT2D eigenvalue weighted by molar-refractivity contribution is 7.15. The molecule has 2 rings (SSSR count). The summed E-state index contributed by atoms with van der Waals surface area (Å²) in [6.45, 7) is 3.18. The molecule has 0 bridgehead atoms. The molecule has 6 nitrogen and oxygen atoms in total. The maximum atomic E-state index is 12.7. The SMILES string of the molecule is C#CCNC(=O)COC(=O)c1c(-c2ccccc2)csc1NC(=O)C=C(C)C. The van der Waals surface area contributed by atoms with Gasteiger partial charge in [-0.2, -0.15) is 0 Å². The average Bonchev–Trinajstić information content (AvgIpc) is 3.07. The second-order valence-corrected chi connectivity index (χ2v) is 6.87. The molecule has 0 aliphatic heterocycles. The zero-order chi connectivity index (χ0) is 20.5. The maximum absolute atomic E-state index is 12.7. The van der Waals surface area contributed by atoms with E-state index < -0.39 is 18.5 Å². The van der Waals surface area contributed by atoms with Crippen molar-refractivity contribution in [3.63, 3.8) is 0 Å². The molecule has 0 radical (unpaired) electrons. The highest BCUT2D eigenvalue weighted by Crippen LogP contribution is 2.36. The third-order valence-electron chi connectivity index (χ3n) is 3.46. The molecule has 0 saturated heterocycles. The van der Waals surface area contributed by atoms with E-state index in [0.29, 0.717) is 10.6 Å². The number of carbonyl (C=O) groups excluding carboxylic acids is 3. The maximum Gasteiger partial charge on any atom is 0.342 e. The summed E-state index contributed by atoms with van der Waals surface area (Å²) in [7, 11) is 0. The molecule has 1 aromatic heterocycles. The number of nitrogens with one attached hydrogen (secondary N) is 2. The van der Waals surface area contributed by atoms with Gasteiger partial charge in [-0.25, -0.2) is 4.79 Å². The van der Waals surface area contributed by atoms with E-state index in [-0.39, 0.29) is 18.0 Å². The van der Waals surface area contributed by atoms with Crippen LogP contribution in [0, 0.1) is 12.3 Å². The summed E-state index contributed by atoms with van der Waals surface area (Å²) >= 11 is 1.21. The molecule has 2 aromatic rings. The average molecular weight is 396 g/mol. The van der Waals surface area contributed by atoms with Crippen molar-refractivity contribution in [2.45, 2.75) is 13.8 Å². The topological polar surface area (TPSA) is 84.5 Å². The van der Waals surface area contributed by atoms with Crippen molar-refractivity contribution in [2.75, 3.05) is 18.5 Å². The molecule has 7 heteroatoms. The molecule has 0 fully saturated rings. The number of rotatable bonds is 7. The Labute approximate surface area is 167 Å². The van der Waals surface area contributed by atoms with Gasteiger partial charge in [-0.15, -0.1) is 17.8 Å². The van der Waals surface area contributed by atoms with Crippen molar-refractivity contribution in [1.29, 1.82) is 0 Å². The molecular formula is C21H20N2O4S. The molecule has 0 saturated carbocycles. The predicted octanol–water partition coefficient (Wildman–Crippen LogP) is 3.23. The number of carbonyl (C=O) groups is 3. The van der Waals surface area contributed by atoms with Crippen molar-refractivity contribution in [3.05, 3.63) is 52.9 Å². The number of esters is 1. The fourth-order valence-corrected chi connectivity index (χ4v) is 3.26. The molecule has 0 aliphatic rings. The minimum atomic E-state index is -0.705. The van der Waals surface area contributed by atoms with Crippen LogP contribution in [0.3, 0.4) is 0 Å². The smallest absolute Gasteiger partial charge is 0.342 e. The first-order valence-electron chi connectivity index (χ1n) is 8.42. The van der Waals surface area contributed by atoms with Crippen LogP contribution in [-0.2, 0) is 14.3 Å². The van der Waals surface area contributed by atoms with E-state index in [2.05, 4.69) is 16.6 Å². The second kappa shape index (κ2) is 10.1. The lowest BCUT2D eigenvalue weighted by atomic mass is 10.0. The van der Waals surface area contributed by atoms with Gasteiger partial charge in [-0.05, 0) is 19.4 Å². The van der Waals surface area contributed by atoms with Crippen LogP contribution in [0.2, 0.25) is 0 Å². The van der Waals surface area contributed by atoms with Gasteiger partial charge >= 0.3 is 5.97 Å². The van der Waals surface area contributed by atoms with Crippen LogP contribution in [0.4, 0.5) is 5.00 Å². The highest BCUT2D eigenvalue weighted by Gasteiger charge is 2.23. The fourth-order valence-electron chi connectivity index (χ4n) is 2.30. The number of anilines is 1. The first-order valence-corrected chi connectivity index (χ1v) is 9.30. The quantitative estimate of drug-likeness (QED) is 0.428. The van der Waals surface area contributed by atoms with Crippen molar-refractivity contribution < 1.29 is 19.1 Å². The summed E-state index contributed by atoms with van der Waals surface area (Å²) in [4.78, 5) is 36.5. The Morgan fingerprint density at radius 3 is 2.57 bits per heavy atom. The lowest BCUT2D eigenvalue weighted by Gasteiger charge is -2.09. The minimum Gasteiger partial charge on any atom is -0.452 e. The monoisotopic (exact) mass is 396 g/mol. The summed E-state index contributed by atoms with van der Waals surface area (Å²) in [5, 5.41) is 7.25. The summed E-state index contributed by atoms with van der Waals surface area (Å²) in [5.74, 6) is 0.715. The molecule has 2 amide bonds. The van der Waals surface area contributed by atoms with E-state index in [1.54, 1.807) is 19.2 Å². The number of thiophene rings is 1. The van der Waals surface area contributed by atoms with Crippen molar-refractivity contribution >= 4 is 34.1 Å². The predicted molar refractivity (Wildman–Crippen MR) is 110 cm³/mol. The Morgan fingerprint density at radius 1 is 1.21 bits per heavy atom. The Kier molecular flexibility index (Phi) is 7.55. The van der Waals surface area contributed by atoms with Crippen LogP contribution in [0.1, 0.15) is 24.2 Å². The molecule has 1 heterocycles. The Balaban J connectivity index is 2.30. The van der Waals surface area contributed by atoms with Gasteiger partial charge in [0.1, 0.15) is 10.6 Å². The largest absolute Gasteiger partial charge is 0.452 e. The summed E-state index contributed by atoms with van der Waals surface area (Å²) in [6.07, 6.45) is 6.51. The van der Waals surface area contributed by atoms with E-state index in [4.69, 9.17) is 11.2 Å². The van der Waals surface area contributed by atoms with E-state index >= 15 is 0 Å². The highest BCUT2D eigenvalue weighted by atomic mass is 32.1. The van der Waals surface area contributed by atoms with E-state index in [9.17, 15) is 14.4 Å². The second-order valence-electron chi connectivity index (χ2n) is 5.99. The molecule has 2 N–H and O–H groups in total. The van der Waals surface area contributed by atoms with Crippen molar-refractivity contribution in [1.82, 2.24) is 5.32 Å². The fraction of sp³-hybridized carbons (Fsp3) is 0.190. The zero-order valence-electron chi connectivity index (χ0n) is 15.6. The molecule has 0 atom stereocenters. The van der Waals surface area contributed by atoms with E-state index in [1.165, 1.54) is 17.4 Å². The lowest BCUT2D eigenvalue weighted by Crippen LogP contribution is -2.29. The van der Waals surface area contributed by atoms with Crippen molar-refractivity contribution in [2.24, 2.45) is 0 Å². The Bertz CT molecular complexity index is 935. The molecule has 144 valence electrons. The van der Waals surface area contributed by atoms with Gasteiger partial charge in [0.15, 0.2) is 6.61 Å². The zero-order valence-corrected chi connectivity index (χ0v) is 16.4. The van der Waals surface area contributed by atoms with Crippen LogP contribution in [0.25, 0.3) is 11.1 Å². The first kappa shape index (κ1) is 20.9. The van der Waals surface area contributed by atoms with E-state index in [1.807, 2.05) is 30.3 Å². The summed E-state index contributed by atoms with van der Waals surface area (Å²) < 4.78 is 5.13. The molecule has 0 spiro atoms. The van der Waals surface area contributed by atoms with Gasteiger partial charge in [0.25, 0.3) is 5.91 Å². The molecule has 1 aromatic carbocycles. The lowest BCUT2D eigenvalue weighted by molar-refractivity contribution is -0.124. The first-order chi connectivity index (χ1) is 13.4. The van der Waals surface area contributed by atoms with Gasteiger partial charge in [0, 0.05) is 17.0 Å². The third-order valence-corrected chi connectivity index (χ3v) is 4.35. The number of amides is 2. The number of hydrogen-bond acceptors (Lipinski definition) is 5. The minimum absolute atomic E-state index is 0.0497. The number of benzene rings is 1. The van der Waals surface area contributed by atoms with Crippen LogP contribution in [-0.4, -0.2) is 30.9 Å². The number of allylic oxidation sites excluding steroid dienone is 1. The van der Waals surface area contributed by atoms with Gasteiger partial charge in [0.05, 0.1) is 6.54 Å². The molecule has 28 heavy (non-hydrogen) atoms. The molecule has 0 aliphatic carbocycles. The van der Waals surface area contributed by atoms with Gasteiger partial charge in [0.2, 0.25) is 5.91 Å². The van der Waals surface area contributed by atoms with Crippen molar-refractivity contribution in [3.8, 4) is 23.5 Å². The van der Waals surface area contributed by atoms with Crippen LogP contribution in [0.15, 0.2) is 47.4 Å². The number of hydrogen-bond donors (Lipinski definition) is 2. The number of ether oxygens (including phenoxy) is 1. The normalized spacial score (nSPS) is 9.75. The molecule has 0 unspecified atom stereocenters. The van der Waals surface area contributed by atoms with E-state index in [0.717, 1.165) is 11.1 Å². The van der Waals surface area contributed by atoms with Gasteiger partial charge in [-0.3, -0.25) is 9.59 Å². The van der Waals surface area contributed by atoms with Crippen LogP contribution in [0.5, 0.6) is 0 Å². The summed E-state index contributed by atoms with van der Waals surface area (Å²) in [6, 6.07) is 9.25. The van der Waals surface area contributed by atoms with Gasteiger partial charge < -0.3 is 15.4 Å². The Morgan fingerprint density at radius 2 is 1.93 bits per heavy atom.